The van der Waals surface area contributed by atoms with Crippen LogP contribution in [0.4, 0.5) is 0 Å². The quantitative estimate of drug-likeness (QED) is 0.319. The molecule has 0 radical (unpaired) electrons. The molecule has 0 unspecified atom stereocenters. The summed E-state index contributed by atoms with van der Waals surface area (Å²) in [6.45, 7) is 2.03. The van der Waals surface area contributed by atoms with Gasteiger partial charge in [0.15, 0.2) is 10.2 Å². The topological polar surface area (TPSA) is 82.1 Å². The number of rotatable bonds is 6. The average Bonchev–Trinajstić information content (AvgIpc) is 2.76. The number of methoxy groups -OCH3 is 1. The van der Waals surface area contributed by atoms with Gasteiger partial charge in [0, 0.05) is 25.2 Å². The molecule has 0 saturated carbocycles. The highest BCUT2D eigenvalue weighted by atomic mass is 32.1. The monoisotopic (exact) mass is 428 g/mol. The van der Waals surface area contributed by atoms with Gasteiger partial charge in [0.05, 0.1) is 7.11 Å². The first kappa shape index (κ1) is 22.3. The zero-order valence-electron chi connectivity index (χ0n) is 16.7. The smallest absolute Gasteiger partial charge is 0.186 e. The highest BCUT2D eigenvalue weighted by Crippen LogP contribution is 2.15. The van der Waals surface area contributed by atoms with Crippen LogP contribution in [0.3, 0.4) is 0 Å². The number of nitrogens with zero attached hydrogens (tertiary/aromatic N) is 2. The van der Waals surface area contributed by atoms with Gasteiger partial charge in [0.1, 0.15) is 17.2 Å². The van der Waals surface area contributed by atoms with Gasteiger partial charge in [0.2, 0.25) is 0 Å². The van der Waals surface area contributed by atoms with E-state index in [2.05, 4.69) is 31.7 Å². The van der Waals surface area contributed by atoms with Crippen LogP contribution in [0.15, 0.2) is 58.7 Å². The first-order valence-corrected chi connectivity index (χ1v) is 9.62. The van der Waals surface area contributed by atoms with Crippen LogP contribution in [-0.4, -0.2) is 42.9 Å². The SMILES string of the molecule is CNC(=S)NN=C(C(=NNC(=S)NC)c1ccc(OC)cc1)c1ccc(C)cc1. The molecule has 9 heteroatoms. The Kier molecular flexibility index (Phi) is 8.50. The molecule has 0 aliphatic carbocycles. The third-order valence-corrected chi connectivity index (χ3v) is 4.50. The Balaban J connectivity index is 2.58. The second-order valence-electron chi connectivity index (χ2n) is 5.90. The summed E-state index contributed by atoms with van der Waals surface area (Å²) in [4.78, 5) is 0. The molecule has 0 atom stereocenters. The fraction of sp³-hybridized carbons (Fsp3) is 0.200. The Morgan fingerprint density at radius 2 is 1.17 bits per heavy atom. The van der Waals surface area contributed by atoms with E-state index < -0.39 is 0 Å². The highest BCUT2D eigenvalue weighted by molar-refractivity contribution is 7.80. The summed E-state index contributed by atoms with van der Waals surface area (Å²) in [5.41, 5.74) is 9.71. The van der Waals surface area contributed by atoms with Crippen LogP contribution < -0.4 is 26.2 Å². The fourth-order valence-electron chi connectivity index (χ4n) is 2.29. The lowest BCUT2D eigenvalue weighted by atomic mass is 9.99. The second kappa shape index (κ2) is 11.1. The molecule has 2 aromatic rings. The van der Waals surface area contributed by atoms with Crippen molar-refractivity contribution in [3.05, 3.63) is 65.2 Å². The molecule has 7 nitrogen and oxygen atoms in total. The van der Waals surface area contributed by atoms with Crippen molar-refractivity contribution in [1.29, 1.82) is 0 Å². The van der Waals surface area contributed by atoms with Crippen molar-refractivity contribution < 1.29 is 4.74 Å². The normalized spacial score (nSPS) is 11.4. The van der Waals surface area contributed by atoms with Gasteiger partial charge >= 0.3 is 0 Å². The van der Waals surface area contributed by atoms with Crippen LogP contribution in [0.2, 0.25) is 0 Å². The van der Waals surface area contributed by atoms with Gasteiger partial charge in [-0.25, -0.2) is 0 Å². The molecule has 4 N–H and O–H groups in total. The molecule has 0 aliphatic heterocycles. The molecule has 0 aromatic heterocycles. The number of benzene rings is 2. The van der Waals surface area contributed by atoms with E-state index in [1.54, 1.807) is 21.2 Å². The summed E-state index contributed by atoms with van der Waals surface area (Å²) in [5, 5.41) is 15.5. The van der Waals surface area contributed by atoms with E-state index in [1.807, 2.05) is 55.5 Å². The Bertz CT molecular complexity index is 908. The molecule has 29 heavy (non-hydrogen) atoms. The molecule has 0 saturated heterocycles. The summed E-state index contributed by atoms with van der Waals surface area (Å²) < 4.78 is 5.26. The number of hydrogen-bond donors (Lipinski definition) is 4. The summed E-state index contributed by atoms with van der Waals surface area (Å²) in [5.74, 6) is 0.745. The summed E-state index contributed by atoms with van der Waals surface area (Å²) in [6.07, 6.45) is 0. The van der Waals surface area contributed by atoms with Crippen molar-refractivity contribution >= 4 is 46.1 Å². The lowest BCUT2D eigenvalue weighted by molar-refractivity contribution is 0.415. The molecule has 0 aliphatic rings. The Morgan fingerprint density at radius 3 is 1.55 bits per heavy atom. The van der Waals surface area contributed by atoms with Crippen LogP contribution in [0.25, 0.3) is 0 Å². The van der Waals surface area contributed by atoms with Gasteiger partial charge in [-0.15, -0.1) is 0 Å². The van der Waals surface area contributed by atoms with Crippen LogP contribution in [0.5, 0.6) is 5.75 Å². The van der Waals surface area contributed by atoms with E-state index in [1.165, 1.54) is 0 Å². The van der Waals surface area contributed by atoms with Crippen molar-refractivity contribution in [2.24, 2.45) is 10.2 Å². The zero-order chi connectivity index (χ0) is 21.2. The summed E-state index contributed by atoms with van der Waals surface area (Å²) in [6, 6.07) is 15.5. The van der Waals surface area contributed by atoms with E-state index in [0.29, 0.717) is 21.6 Å². The Labute approximate surface area is 181 Å². The van der Waals surface area contributed by atoms with Gasteiger partial charge in [-0.1, -0.05) is 29.8 Å². The van der Waals surface area contributed by atoms with Gasteiger partial charge < -0.3 is 15.4 Å². The Hall–Kier alpha value is -3.04. The van der Waals surface area contributed by atoms with Crippen molar-refractivity contribution in [3.8, 4) is 5.75 Å². The number of aryl methyl sites for hydroxylation is 1. The molecule has 0 heterocycles. The standard InChI is InChI=1S/C20H24N6OS2/c1-13-5-7-14(8-6-13)17(23-25-19(28)21-2)18(24-26-20(29)22-3)15-9-11-16(27-4)12-10-15/h5-12H,1-4H3,(H2,21,25,28)(H2,22,26,29). The van der Waals surface area contributed by atoms with E-state index in [9.17, 15) is 0 Å². The predicted octanol–water partition coefficient (Wildman–Crippen LogP) is 2.30. The van der Waals surface area contributed by atoms with Crippen molar-refractivity contribution in [2.45, 2.75) is 6.92 Å². The van der Waals surface area contributed by atoms with E-state index in [4.69, 9.17) is 29.2 Å². The maximum atomic E-state index is 5.26. The van der Waals surface area contributed by atoms with E-state index >= 15 is 0 Å². The summed E-state index contributed by atoms with van der Waals surface area (Å²) in [7, 11) is 5.07. The van der Waals surface area contributed by atoms with Gasteiger partial charge in [0.25, 0.3) is 0 Å². The largest absolute Gasteiger partial charge is 0.497 e. The maximum absolute atomic E-state index is 5.26. The third-order valence-electron chi connectivity index (χ3n) is 3.91. The van der Waals surface area contributed by atoms with Gasteiger partial charge in [-0.2, -0.15) is 10.2 Å². The molecular formula is C20H24N6OS2. The van der Waals surface area contributed by atoms with Crippen LogP contribution >= 0.6 is 24.4 Å². The van der Waals surface area contributed by atoms with Crippen molar-refractivity contribution in [2.75, 3.05) is 21.2 Å². The van der Waals surface area contributed by atoms with Crippen molar-refractivity contribution in [3.63, 3.8) is 0 Å². The van der Waals surface area contributed by atoms with Crippen LogP contribution in [0.1, 0.15) is 16.7 Å². The number of hydrogen-bond acceptors (Lipinski definition) is 5. The predicted molar refractivity (Wildman–Crippen MR) is 127 cm³/mol. The molecule has 0 spiro atoms. The second-order valence-corrected chi connectivity index (χ2v) is 6.71. The van der Waals surface area contributed by atoms with Crippen LogP contribution in [0, 0.1) is 6.92 Å². The minimum Gasteiger partial charge on any atom is -0.497 e. The number of thiocarbonyl (C=S) groups is 2. The molecule has 2 aromatic carbocycles. The zero-order valence-corrected chi connectivity index (χ0v) is 18.4. The molecular weight excluding hydrogens is 404 g/mol. The first-order chi connectivity index (χ1) is 14.0. The Morgan fingerprint density at radius 1 is 0.759 bits per heavy atom. The molecule has 2 rings (SSSR count). The summed E-state index contributed by atoms with van der Waals surface area (Å²) >= 11 is 10.3. The van der Waals surface area contributed by atoms with Gasteiger partial charge in [-0.3, -0.25) is 10.9 Å². The van der Waals surface area contributed by atoms with Crippen LogP contribution in [-0.2, 0) is 0 Å². The lowest BCUT2D eigenvalue weighted by Gasteiger charge is -2.13. The molecule has 0 fully saturated rings. The number of hydrazone groups is 2. The highest BCUT2D eigenvalue weighted by Gasteiger charge is 2.16. The van der Waals surface area contributed by atoms with Crippen molar-refractivity contribution in [1.82, 2.24) is 21.5 Å². The fourth-order valence-corrected chi connectivity index (χ4v) is 2.39. The van der Waals surface area contributed by atoms with E-state index in [0.717, 1.165) is 22.4 Å². The lowest BCUT2D eigenvalue weighted by Crippen LogP contribution is -2.33. The number of ether oxygens (including phenoxy) is 1. The molecule has 0 bridgehead atoms. The number of nitrogens with one attached hydrogen (secondary N) is 4. The first-order valence-electron chi connectivity index (χ1n) is 8.81. The third kappa shape index (κ3) is 6.51. The van der Waals surface area contributed by atoms with Gasteiger partial charge in [-0.05, 0) is 55.6 Å². The average molecular weight is 429 g/mol. The minimum absolute atomic E-state index is 0.387. The molecule has 0 amide bonds. The van der Waals surface area contributed by atoms with E-state index in [-0.39, 0.29) is 0 Å². The minimum atomic E-state index is 0.387. The maximum Gasteiger partial charge on any atom is 0.186 e. The molecule has 152 valence electrons.